The predicted octanol–water partition coefficient (Wildman–Crippen LogP) is 1.23. The largest absolute Gasteiger partial charge is 0.342 e. The molecule has 2 heterocycles. The van der Waals surface area contributed by atoms with Crippen molar-refractivity contribution in [3.05, 3.63) is 0 Å². The topological polar surface area (TPSA) is 52.6 Å². The Hall–Kier alpha value is -1.10. The molecule has 0 aromatic carbocycles. The number of carbonyl (C=O) groups excluding carboxylic acids is 2. The van der Waals surface area contributed by atoms with Gasteiger partial charge < -0.3 is 15.1 Å². The third-order valence-corrected chi connectivity index (χ3v) is 4.93. The van der Waals surface area contributed by atoms with Crippen LogP contribution >= 0.6 is 0 Å². The minimum Gasteiger partial charge on any atom is -0.342 e. The average molecular weight is 295 g/mol. The number of hydrogen-bond donors (Lipinski definition) is 1. The summed E-state index contributed by atoms with van der Waals surface area (Å²) in [6.45, 7) is 9.75. The van der Waals surface area contributed by atoms with Gasteiger partial charge in [-0.05, 0) is 31.7 Å². The van der Waals surface area contributed by atoms with Crippen molar-refractivity contribution in [1.29, 1.82) is 0 Å². The molecule has 120 valence electrons. The van der Waals surface area contributed by atoms with E-state index in [-0.39, 0.29) is 36.4 Å². The number of carbonyl (C=O) groups is 2. The lowest BCUT2D eigenvalue weighted by atomic mass is 9.93. The first-order valence-electron chi connectivity index (χ1n) is 8.39. The highest BCUT2D eigenvalue weighted by Gasteiger charge is 2.39. The summed E-state index contributed by atoms with van der Waals surface area (Å²) in [4.78, 5) is 28.9. The first kappa shape index (κ1) is 16.3. The van der Waals surface area contributed by atoms with Gasteiger partial charge in [-0.15, -0.1) is 0 Å². The molecule has 0 saturated carbocycles. The van der Waals surface area contributed by atoms with Crippen molar-refractivity contribution in [3.63, 3.8) is 0 Å². The van der Waals surface area contributed by atoms with E-state index < -0.39 is 0 Å². The summed E-state index contributed by atoms with van der Waals surface area (Å²) in [6.07, 6.45) is 4.06. The lowest BCUT2D eigenvalue weighted by molar-refractivity contribution is -0.149. The van der Waals surface area contributed by atoms with Crippen molar-refractivity contribution in [2.45, 2.75) is 58.5 Å². The number of nitrogens with one attached hydrogen (secondary N) is 1. The average Bonchev–Trinajstić information content (AvgIpc) is 2.49. The molecule has 5 heteroatoms. The van der Waals surface area contributed by atoms with E-state index in [1.807, 2.05) is 11.8 Å². The van der Waals surface area contributed by atoms with E-state index in [0.29, 0.717) is 0 Å². The molecule has 0 aromatic heterocycles. The lowest BCUT2D eigenvalue weighted by Gasteiger charge is -2.43. The van der Waals surface area contributed by atoms with Crippen LogP contribution in [0.1, 0.15) is 46.5 Å². The first-order chi connectivity index (χ1) is 10.1. The molecule has 5 nitrogen and oxygen atoms in total. The van der Waals surface area contributed by atoms with E-state index in [1.165, 1.54) is 6.42 Å². The van der Waals surface area contributed by atoms with Crippen LogP contribution in [0.3, 0.4) is 0 Å². The summed E-state index contributed by atoms with van der Waals surface area (Å²) < 4.78 is 0. The van der Waals surface area contributed by atoms with Crippen molar-refractivity contribution in [1.82, 2.24) is 15.1 Å². The number of hydrogen-bond acceptors (Lipinski definition) is 3. The standard InChI is InChI=1S/C16H29N3O2/c1-4-8-18-9-6-13(7-10-18)19-11-14(20)17-15(16(19)21)12(3)5-2/h12-13,15H,4-11H2,1-3H3,(H,17,20). The molecule has 2 unspecified atom stereocenters. The Morgan fingerprint density at radius 1 is 1.24 bits per heavy atom. The molecule has 0 spiro atoms. The molecule has 0 aliphatic carbocycles. The maximum atomic E-state index is 12.7. The number of likely N-dealkylation sites (tertiary alicyclic amines) is 1. The predicted molar refractivity (Wildman–Crippen MR) is 82.9 cm³/mol. The molecule has 2 amide bonds. The van der Waals surface area contributed by atoms with Gasteiger partial charge in [-0.1, -0.05) is 27.2 Å². The molecular formula is C16H29N3O2. The second-order valence-electron chi connectivity index (χ2n) is 6.47. The van der Waals surface area contributed by atoms with E-state index in [9.17, 15) is 9.59 Å². The van der Waals surface area contributed by atoms with E-state index in [4.69, 9.17) is 0 Å². The number of piperidine rings is 1. The lowest BCUT2D eigenvalue weighted by Crippen LogP contribution is -2.63. The Balaban J connectivity index is 1.98. The smallest absolute Gasteiger partial charge is 0.246 e. The number of nitrogens with zero attached hydrogens (tertiary/aromatic N) is 2. The Bertz CT molecular complexity index is 378. The fraction of sp³-hybridized carbons (Fsp3) is 0.875. The second-order valence-corrected chi connectivity index (χ2v) is 6.47. The summed E-state index contributed by atoms with van der Waals surface area (Å²) >= 11 is 0. The zero-order chi connectivity index (χ0) is 15.4. The van der Waals surface area contributed by atoms with Crippen LogP contribution < -0.4 is 5.32 Å². The van der Waals surface area contributed by atoms with Crippen molar-refractivity contribution in [2.75, 3.05) is 26.2 Å². The Kier molecular flexibility index (Phi) is 5.62. The molecular weight excluding hydrogens is 266 g/mol. The van der Waals surface area contributed by atoms with Gasteiger partial charge in [0.1, 0.15) is 6.04 Å². The Morgan fingerprint density at radius 3 is 2.48 bits per heavy atom. The summed E-state index contributed by atoms with van der Waals surface area (Å²) in [6, 6.07) is -0.0897. The van der Waals surface area contributed by atoms with Gasteiger partial charge in [0.2, 0.25) is 11.8 Å². The van der Waals surface area contributed by atoms with Gasteiger partial charge >= 0.3 is 0 Å². The van der Waals surface area contributed by atoms with Crippen LogP contribution in [0.25, 0.3) is 0 Å². The maximum Gasteiger partial charge on any atom is 0.246 e. The van der Waals surface area contributed by atoms with Crippen molar-refractivity contribution < 1.29 is 9.59 Å². The van der Waals surface area contributed by atoms with E-state index in [1.54, 1.807) is 0 Å². The molecule has 2 aliphatic rings. The Morgan fingerprint density at radius 2 is 1.90 bits per heavy atom. The number of piperazine rings is 1. The van der Waals surface area contributed by atoms with Gasteiger partial charge in [0, 0.05) is 19.1 Å². The second kappa shape index (κ2) is 7.25. The highest BCUT2D eigenvalue weighted by Crippen LogP contribution is 2.22. The fourth-order valence-corrected chi connectivity index (χ4v) is 3.39. The molecule has 2 saturated heterocycles. The quantitative estimate of drug-likeness (QED) is 0.830. The molecule has 0 bridgehead atoms. The molecule has 21 heavy (non-hydrogen) atoms. The van der Waals surface area contributed by atoms with Gasteiger partial charge in [-0.2, -0.15) is 0 Å². The van der Waals surface area contributed by atoms with Gasteiger partial charge in [0.05, 0.1) is 6.54 Å². The summed E-state index contributed by atoms with van der Waals surface area (Å²) in [5.41, 5.74) is 0. The maximum absolute atomic E-state index is 12.7. The van der Waals surface area contributed by atoms with Crippen molar-refractivity contribution in [2.24, 2.45) is 5.92 Å². The monoisotopic (exact) mass is 295 g/mol. The highest BCUT2D eigenvalue weighted by atomic mass is 16.2. The van der Waals surface area contributed by atoms with Gasteiger partial charge in [-0.25, -0.2) is 0 Å². The van der Waals surface area contributed by atoms with Gasteiger partial charge in [0.15, 0.2) is 0 Å². The van der Waals surface area contributed by atoms with E-state index in [0.717, 1.165) is 38.9 Å². The van der Waals surface area contributed by atoms with Crippen LogP contribution in [0.5, 0.6) is 0 Å². The van der Waals surface area contributed by atoms with Crippen LogP contribution in [0.4, 0.5) is 0 Å². The first-order valence-corrected chi connectivity index (χ1v) is 8.39. The SMILES string of the molecule is CCCN1CCC(N2CC(=O)NC(C(C)CC)C2=O)CC1. The van der Waals surface area contributed by atoms with Crippen LogP contribution in [-0.2, 0) is 9.59 Å². The Labute approximate surface area is 128 Å². The van der Waals surface area contributed by atoms with Crippen LogP contribution in [0, 0.1) is 5.92 Å². The molecule has 2 aliphatic heterocycles. The van der Waals surface area contributed by atoms with Crippen LogP contribution in [-0.4, -0.2) is 59.9 Å². The van der Waals surface area contributed by atoms with E-state index in [2.05, 4.69) is 24.1 Å². The minimum absolute atomic E-state index is 0.00381. The highest BCUT2D eigenvalue weighted by molar-refractivity contribution is 5.95. The number of rotatable bonds is 5. The normalized spacial score (nSPS) is 26.8. The molecule has 2 atom stereocenters. The zero-order valence-corrected chi connectivity index (χ0v) is 13.6. The van der Waals surface area contributed by atoms with Crippen molar-refractivity contribution >= 4 is 11.8 Å². The molecule has 1 N–H and O–H groups in total. The van der Waals surface area contributed by atoms with Crippen LogP contribution in [0.15, 0.2) is 0 Å². The molecule has 2 fully saturated rings. The third kappa shape index (κ3) is 3.76. The summed E-state index contributed by atoms with van der Waals surface area (Å²) in [5.74, 6) is 0.318. The van der Waals surface area contributed by atoms with Crippen LogP contribution in [0.2, 0.25) is 0 Å². The van der Waals surface area contributed by atoms with Gasteiger partial charge in [0.25, 0.3) is 0 Å². The van der Waals surface area contributed by atoms with E-state index >= 15 is 0 Å². The molecule has 0 radical (unpaired) electrons. The number of amides is 2. The van der Waals surface area contributed by atoms with Gasteiger partial charge in [-0.3, -0.25) is 9.59 Å². The summed E-state index contributed by atoms with van der Waals surface area (Å²) in [7, 11) is 0. The molecule has 0 aromatic rings. The molecule has 2 rings (SSSR count). The minimum atomic E-state index is -0.329. The van der Waals surface area contributed by atoms with Crippen molar-refractivity contribution in [3.8, 4) is 0 Å². The zero-order valence-electron chi connectivity index (χ0n) is 13.6. The fourth-order valence-electron chi connectivity index (χ4n) is 3.39. The third-order valence-electron chi connectivity index (χ3n) is 4.93. The summed E-state index contributed by atoms with van der Waals surface area (Å²) in [5, 5.41) is 2.87.